The van der Waals surface area contributed by atoms with Gasteiger partial charge < -0.3 is 14.7 Å². The summed E-state index contributed by atoms with van der Waals surface area (Å²) in [6.45, 7) is 2.07. The molecule has 1 spiro atoms. The third-order valence-electron chi connectivity index (χ3n) is 5.27. The van der Waals surface area contributed by atoms with Gasteiger partial charge >= 0.3 is 6.03 Å². The molecule has 132 valence electrons. The topological polar surface area (TPSA) is 91.6 Å². The number of nitrogens with one attached hydrogen (secondary N) is 1. The van der Waals surface area contributed by atoms with E-state index in [1.54, 1.807) is 11.9 Å². The van der Waals surface area contributed by atoms with E-state index in [1.165, 1.54) is 4.90 Å². The van der Waals surface area contributed by atoms with E-state index in [4.69, 9.17) is 4.52 Å². The molecule has 3 rings (SSSR count). The summed E-state index contributed by atoms with van der Waals surface area (Å²) in [6, 6.07) is -0.0487. The molecular formula is C16H25N5O3. The van der Waals surface area contributed by atoms with E-state index in [1.807, 2.05) is 14.0 Å². The Hall–Kier alpha value is -1.96. The highest BCUT2D eigenvalue weighted by Crippen LogP contribution is 2.39. The van der Waals surface area contributed by atoms with Crippen molar-refractivity contribution in [2.75, 3.05) is 14.1 Å². The summed E-state index contributed by atoms with van der Waals surface area (Å²) in [6.07, 6.45) is 5.17. The largest absolute Gasteiger partial charge is 0.337 e. The summed E-state index contributed by atoms with van der Waals surface area (Å²) in [5.74, 6) is 0.751. The molecule has 2 heterocycles. The lowest BCUT2D eigenvalue weighted by molar-refractivity contribution is -0.135. The Morgan fingerprint density at radius 3 is 2.67 bits per heavy atom. The molecule has 24 heavy (non-hydrogen) atoms. The average Bonchev–Trinajstić information content (AvgIpc) is 3.10. The van der Waals surface area contributed by atoms with Gasteiger partial charge in [0.15, 0.2) is 5.82 Å². The minimum Gasteiger partial charge on any atom is -0.337 e. The van der Waals surface area contributed by atoms with Crippen molar-refractivity contribution < 1.29 is 14.1 Å². The smallest absolute Gasteiger partial charge is 0.327 e. The van der Waals surface area contributed by atoms with Crippen LogP contribution in [0.1, 0.15) is 50.7 Å². The van der Waals surface area contributed by atoms with Crippen molar-refractivity contribution in [3.05, 3.63) is 11.7 Å². The van der Waals surface area contributed by atoms with E-state index in [0.29, 0.717) is 18.1 Å². The summed E-state index contributed by atoms with van der Waals surface area (Å²) < 4.78 is 5.23. The molecule has 1 N–H and O–H groups in total. The average molecular weight is 335 g/mol. The summed E-state index contributed by atoms with van der Waals surface area (Å²) in [5, 5.41) is 7.04. The Morgan fingerprint density at radius 2 is 2.00 bits per heavy atom. The predicted molar refractivity (Wildman–Crippen MR) is 86.0 cm³/mol. The van der Waals surface area contributed by atoms with Gasteiger partial charge in [0.2, 0.25) is 5.89 Å². The first-order chi connectivity index (χ1) is 11.5. The molecule has 0 bridgehead atoms. The van der Waals surface area contributed by atoms with Gasteiger partial charge in [0.1, 0.15) is 12.1 Å². The Bertz CT molecular complexity index is 623. The Kier molecular flexibility index (Phi) is 4.58. The van der Waals surface area contributed by atoms with Gasteiger partial charge in [0.25, 0.3) is 5.91 Å². The number of carbonyl (C=O) groups is 2. The molecule has 8 heteroatoms. The van der Waals surface area contributed by atoms with Crippen LogP contribution in [0.25, 0.3) is 0 Å². The first-order valence-electron chi connectivity index (χ1n) is 8.56. The fourth-order valence-electron chi connectivity index (χ4n) is 3.62. The second-order valence-corrected chi connectivity index (χ2v) is 6.82. The third kappa shape index (κ3) is 2.79. The van der Waals surface area contributed by atoms with E-state index in [9.17, 15) is 9.59 Å². The summed E-state index contributed by atoms with van der Waals surface area (Å²) in [7, 11) is 3.59. The molecular weight excluding hydrogens is 310 g/mol. The number of rotatable bonds is 5. The van der Waals surface area contributed by atoms with Crippen molar-refractivity contribution in [2.24, 2.45) is 0 Å². The van der Waals surface area contributed by atoms with E-state index < -0.39 is 5.54 Å². The van der Waals surface area contributed by atoms with Gasteiger partial charge in [-0.2, -0.15) is 4.98 Å². The zero-order valence-corrected chi connectivity index (χ0v) is 14.5. The monoisotopic (exact) mass is 335 g/mol. The fourth-order valence-corrected chi connectivity index (χ4v) is 3.62. The highest BCUT2D eigenvalue weighted by atomic mass is 16.5. The van der Waals surface area contributed by atoms with Crippen LogP contribution in [0, 0.1) is 0 Å². The molecule has 2 aliphatic rings. The van der Waals surface area contributed by atoms with Crippen LogP contribution in [-0.2, 0) is 17.8 Å². The minimum absolute atomic E-state index is 0.0463. The highest BCUT2D eigenvalue weighted by Gasteiger charge is 2.55. The van der Waals surface area contributed by atoms with Gasteiger partial charge in [-0.25, -0.2) is 4.79 Å². The van der Waals surface area contributed by atoms with E-state index in [-0.39, 0.29) is 24.5 Å². The van der Waals surface area contributed by atoms with Crippen molar-refractivity contribution in [2.45, 2.75) is 63.6 Å². The van der Waals surface area contributed by atoms with Crippen molar-refractivity contribution in [1.29, 1.82) is 0 Å². The van der Waals surface area contributed by atoms with Crippen LogP contribution in [0.5, 0.6) is 0 Å². The van der Waals surface area contributed by atoms with Gasteiger partial charge in [-0.15, -0.1) is 0 Å². The molecule has 1 aliphatic heterocycles. The van der Waals surface area contributed by atoms with Crippen LogP contribution in [0.15, 0.2) is 4.52 Å². The molecule has 1 unspecified atom stereocenters. The molecule has 1 aliphatic carbocycles. The molecule has 0 aromatic carbocycles. The second-order valence-electron chi connectivity index (χ2n) is 6.82. The SMILES string of the molecule is CNC(C)Cc1noc(CN2C(=O)N(C)C3(CCCCC3)C2=O)n1. The summed E-state index contributed by atoms with van der Waals surface area (Å²) in [5.41, 5.74) is -0.668. The first-order valence-corrected chi connectivity index (χ1v) is 8.56. The van der Waals surface area contributed by atoms with Gasteiger partial charge in [-0.05, 0) is 26.8 Å². The van der Waals surface area contributed by atoms with Crippen LogP contribution in [0.3, 0.4) is 0 Å². The molecule has 8 nitrogen and oxygen atoms in total. The number of hydrogen-bond donors (Lipinski definition) is 1. The summed E-state index contributed by atoms with van der Waals surface area (Å²) >= 11 is 0. The third-order valence-corrected chi connectivity index (χ3v) is 5.27. The number of likely N-dealkylation sites (N-methyl/N-ethyl adjacent to an activating group) is 2. The van der Waals surface area contributed by atoms with E-state index in [0.717, 1.165) is 32.1 Å². The molecule has 1 saturated carbocycles. The van der Waals surface area contributed by atoms with Crippen molar-refractivity contribution >= 4 is 11.9 Å². The lowest BCUT2D eigenvalue weighted by atomic mass is 9.81. The van der Waals surface area contributed by atoms with Crippen LogP contribution >= 0.6 is 0 Å². The van der Waals surface area contributed by atoms with Gasteiger partial charge in [0.05, 0.1) is 0 Å². The fraction of sp³-hybridized carbons (Fsp3) is 0.750. The van der Waals surface area contributed by atoms with Gasteiger partial charge in [-0.1, -0.05) is 24.4 Å². The van der Waals surface area contributed by atoms with Crippen LogP contribution in [0.4, 0.5) is 4.79 Å². The number of aromatic nitrogens is 2. The normalized spacial score (nSPS) is 21.8. The Balaban J connectivity index is 1.73. The zero-order chi connectivity index (χ0) is 17.3. The lowest BCUT2D eigenvalue weighted by Crippen LogP contribution is -2.49. The maximum absolute atomic E-state index is 12.9. The number of amides is 3. The predicted octanol–water partition coefficient (Wildman–Crippen LogP) is 1.32. The Labute approximate surface area is 141 Å². The molecule has 0 radical (unpaired) electrons. The van der Waals surface area contributed by atoms with Crippen molar-refractivity contribution in [3.63, 3.8) is 0 Å². The quantitative estimate of drug-likeness (QED) is 0.816. The molecule has 1 saturated heterocycles. The lowest BCUT2D eigenvalue weighted by Gasteiger charge is -2.35. The number of carbonyl (C=O) groups excluding carboxylic acids is 2. The van der Waals surface area contributed by atoms with Crippen molar-refractivity contribution in [1.82, 2.24) is 25.3 Å². The van der Waals surface area contributed by atoms with Crippen LogP contribution in [0.2, 0.25) is 0 Å². The Morgan fingerprint density at radius 1 is 1.29 bits per heavy atom. The minimum atomic E-state index is -0.668. The van der Waals surface area contributed by atoms with Gasteiger partial charge in [0, 0.05) is 19.5 Å². The zero-order valence-electron chi connectivity index (χ0n) is 14.5. The first kappa shape index (κ1) is 16.9. The number of urea groups is 1. The standard InChI is InChI=1S/C16H25N5O3/c1-11(17-2)9-12-18-13(24-19-12)10-21-14(22)16(20(3)15(21)23)7-5-4-6-8-16/h11,17H,4-10H2,1-3H3. The molecule has 1 aromatic heterocycles. The molecule has 1 aromatic rings. The highest BCUT2D eigenvalue weighted by molar-refractivity contribution is 6.06. The molecule has 3 amide bonds. The molecule has 1 atom stereocenters. The summed E-state index contributed by atoms with van der Waals surface area (Å²) in [4.78, 5) is 32.6. The number of nitrogens with zero attached hydrogens (tertiary/aromatic N) is 4. The van der Waals surface area contributed by atoms with E-state index >= 15 is 0 Å². The molecule has 2 fully saturated rings. The second kappa shape index (κ2) is 6.51. The van der Waals surface area contributed by atoms with Crippen molar-refractivity contribution in [3.8, 4) is 0 Å². The van der Waals surface area contributed by atoms with E-state index in [2.05, 4.69) is 15.5 Å². The van der Waals surface area contributed by atoms with Gasteiger partial charge in [-0.3, -0.25) is 9.69 Å². The maximum atomic E-state index is 12.9. The van der Waals surface area contributed by atoms with Crippen LogP contribution < -0.4 is 5.32 Å². The number of imide groups is 1. The van der Waals surface area contributed by atoms with Crippen LogP contribution in [-0.4, -0.2) is 57.6 Å². The maximum Gasteiger partial charge on any atom is 0.327 e. The number of hydrogen-bond acceptors (Lipinski definition) is 6.